The molecular formula is C18H14N4OS3. The minimum absolute atomic E-state index is 0.0772. The van der Waals surface area contributed by atoms with Gasteiger partial charge in [-0.2, -0.15) is 5.10 Å². The largest absolute Gasteiger partial charge is 0.296 e. The second kappa shape index (κ2) is 6.00. The third-order valence-electron chi connectivity index (χ3n) is 4.48. The van der Waals surface area contributed by atoms with Crippen molar-refractivity contribution in [3.05, 3.63) is 45.9 Å². The zero-order valence-electron chi connectivity index (χ0n) is 13.9. The summed E-state index contributed by atoms with van der Waals surface area (Å²) in [6.07, 6.45) is 4.28. The zero-order valence-corrected chi connectivity index (χ0v) is 16.3. The molecule has 1 saturated heterocycles. The Balaban J connectivity index is 1.70. The predicted octanol–water partition coefficient (Wildman–Crippen LogP) is 4.17. The van der Waals surface area contributed by atoms with E-state index in [9.17, 15) is 4.79 Å². The molecule has 3 aromatic rings. The number of amides is 1. The Labute approximate surface area is 163 Å². The lowest BCUT2D eigenvalue weighted by atomic mass is 10.1. The lowest BCUT2D eigenvalue weighted by molar-refractivity contribution is -0.121. The molecule has 5 nitrogen and oxygen atoms in total. The Kier molecular flexibility index (Phi) is 3.73. The first-order chi connectivity index (χ1) is 12.6. The van der Waals surface area contributed by atoms with Gasteiger partial charge in [0.05, 0.1) is 16.3 Å². The van der Waals surface area contributed by atoms with Crippen molar-refractivity contribution in [1.82, 2.24) is 19.5 Å². The van der Waals surface area contributed by atoms with Crippen molar-refractivity contribution in [2.24, 2.45) is 0 Å². The molecule has 1 aliphatic carbocycles. The molecule has 3 heterocycles. The fourth-order valence-electron chi connectivity index (χ4n) is 2.88. The fourth-order valence-corrected chi connectivity index (χ4v) is 5.11. The molecule has 1 saturated carbocycles. The van der Waals surface area contributed by atoms with Crippen LogP contribution in [0.15, 0.2) is 35.2 Å². The summed E-state index contributed by atoms with van der Waals surface area (Å²) >= 11 is 8.21. The Bertz CT molecular complexity index is 1080. The minimum Gasteiger partial charge on any atom is -0.296 e. The van der Waals surface area contributed by atoms with Gasteiger partial charge >= 0.3 is 0 Å². The second-order valence-corrected chi connectivity index (χ2v) is 9.02. The van der Waals surface area contributed by atoms with Crippen molar-refractivity contribution in [2.75, 3.05) is 7.05 Å². The summed E-state index contributed by atoms with van der Waals surface area (Å²) in [5, 5.41) is 5.92. The molecular weight excluding hydrogens is 384 g/mol. The van der Waals surface area contributed by atoms with Crippen LogP contribution in [0.2, 0.25) is 0 Å². The van der Waals surface area contributed by atoms with Gasteiger partial charge in [-0.25, -0.2) is 9.50 Å². The molecule has 1 aliphatic heterocycles. The number of fused-ring (bicyclic) bond motifs is 1. The van der Waals surface area contributed by atoms with Crippen LogP contribution in [0.25, 0.3) is 22.3 Å². The lowest BCUT2D eigenvalue weighted by Crippen LogP contribution is -2.22. The predicted molar refractivity (Wildman–Crippen MR) is 109 cm³/mol. The van der Waals surface area contributed by atoms with Gasteiger partial charge in [0.2, 0.25) is 4.96 Å². The van der Waals surface area contributed by atoms with Gasteiger partial charge in [-0.05, 0) is 18.9 Å². The molecule has 0 spiro atoms. The highest BCUT2D eigenvalue weighted by molar-refractivity contribution is 8.26. The normalized spacial score (nSPS) is 19.3. The summed E-state index contributed by atoms with van der Waals surface area (Å²) in [6.45, 7) is 0. The van der Waals surface area contributed by atoms with E-state index in [1.54, 1.807) is 18.4 Å². The van der Waals surface area contributed by atoms with E-state index in [0.29, 0.717) is 15.1 Å². The van der Waals surface area contributed by atoms with Gasteiger partial charge in [-0.1, -0.05) is 65.6 Å². The van der Waals surface area contributed by atoms with E-state index >= 15 is 0 Å². The van der Waals surface area contributed by atoms with Gasteiger partial charge < -0.3 is 0 Å². The SMILES string of the molecule is CN1C(=O)/C(=C/c2c(-c3ccccc3)nc3sc(C4CC4)nn23)SC1=S. The number of aromatic nitrogens is 3. The van der Waals surface area contributed by atoms with Crippen LogP contribution < -0.4 is 0 Å². The number of hydrogen-bond donors (Lipinski definition) is 0. The summed E-state index contributed by atoms with van der Waals surface area (Å²) in [5.74, 6) is 0.496. The average molecular weight is 399 g/mol. The first-order valence-corrected chi connectivity index (χ1v) is 10.3. The Morgan fingerprint density at radius 2 is 2.04 bits per heavy atom. The molecule has 2 fully saturated rings. The maximum absolute atomic E-state index is 12.5. The number of nitrogens with zero attached hydrogens (tertiary/aromatic N) is 4. The fraction of sp³-hybridized carbons (Fsp3) is 0.222. The van der Waals surface area contributed by atoms with E-state index in [0.717, 1.165) is 26.9 Å². The maximum atomic E-state index is 12.5. The highest BCUT2D eigenvalue weighted by Crippen LogP contribution is 2.43. The number of thiocarbonyl (C=S) groups is 1. The molecule has 8 heteroatoms. The molecule has 0 N–H and O–H groups in total. The molecule has 0 bridgehead atoms. The number of thioether (sulfide) groups is 1. The number of carbonyl (C=O) groups excluding carboxylic acids is 1. The summed E-state index contributed by atoms with van der Waals surface area (Å²) in [7, 11) is 1.70. The molecule has 1 aromatic carbocycles. The Hall–Kier alpha value is -2.03. The summed E-state index contributed by atoms with van der Waals surface area (Å²) in [4.78, 5) is 20.3. The van der Waals surface area contributed by atoms with Crippen molar-refractivity contribution in [3.8, 4) is 11.3 Å². The molecule has 1 amide bonds. The first kappa shape index (κ1) is 16.2. The van der Waals surface area contributed by atoms with Crippen molar-refractivity contribution in [1.29, 1.82) is 0 Å². The number of rotatable bonds is 3. The van der Waals surface area contributed by atoms with Crippen LogP contribution in [-0.4, -0.2) is 36.8 Å². The van der Waals surface area contributed by atoms with Gasteiger partial charge in [0.25, 0.3) is 5.91 Å². The van der Waals surface area contributed by atoms with Crippen LogP contribution in [-0.2, 0) is 4.79 Å². The molecule has 5 rings (SSSR count). The summed E-state index contributed by atoms with van der Waals surface area (Å²) in [6, 6.07) is 10.0. The van der Waals surface area contributed by atoms with Crippen molar-refractivity contribution in [3.63, 3.8) is 0 Å². The van der Waals surface area contributed by atoms with Crippen LogP contribution in [0.4, 0.5) is 0 Å². The Morgan fingerprint density at radius 1 is 1.27 bits per heavy atom. The molecule has 0 unspecified atom stereocenters. The van der Waals surface area contributed by atoms with Gasteiger partial charge in [-0.3, -0.25) is 9.69 Å². The standard InChI is InChI=1S/C18H14N4OS3/c1-21-16(23)13(25-18(21)24)9-12-14(10-5-3-2-4-6-10)19-17-22(12)20-15(26-17)11-7-8-11/h2-6,9,11H,7-8H2,1H3/b13-9-. The Morgan fingerprint density at radius 3 is 2.69 bits per heavy atom. The van der Waals surface area contributed by atoms with Crippen LogP contribution in [0.5, 0.6) is 0 Å². The highest BCUT2D eigenvalue weighted by atomic mass is 32.2. The van der Waals surface area contributed by atoms with Crippen molar-refractivity contribution < 1.29 is 4.79 Å². The summed E-state index contributed by atoms with van der Waals surface area (Å²) in [5.41, 5.74) is 2.69. The van der Waals surface area contributed by atoms with E-state index in [1.807, 2.05) is 40.9 Å². The van der Waals surface area contributed by atoms with Gasteiger partial charge in [0.15, 0.2) is 0 Å². The van der Waals surface area contributed by atoms with Crippen LogP contribution in [0.1, 0.15) is 29.5 Å². The van der Waals surface area contributed by atoms with Crippen molar-refractivity contribution >= 4 is 56.6 Å². The summed E-state index contributed by atoms with van der Waals surface area (Å²) < 4.78 is 2.45. The number of carbonyl (C=O) groups is 1. The highest BCUT2D eigenvalue weighted by Gasteiger charge is 2.31. The zero-order chi connectivity index (χ0) is 17.8. The number of hydrogen-bond acceptors (Lipinski definition) is 6. The van der Waals surface area contributed by atoms with Crippen LogP contribution in [0, 0.1) is 0 Å². The lowest BCUT2D eigenvalue weighted by Gasteiger charge is -2.03. The van der Waals surface area contributed by atoms with Crippen LogP contribution in [0.3, 0.4) is 0 Å². The number of imidazole rings is 1. The molecule has 130 valence electrons. The molecule has 2 aliphatic rings. The first-order valence-electron chi connectivity index (χ1n) is 8.28. The smallest absolute Gasteiger partial charge is 0.265 e. The second-order valence-electron chi connectivity index (χ2n) is 6.36. The minimum atomic E-state index is -0.0772. The third-order valence-corrected chi connectivity index (χ3v) is 7.04. The third kappa shape index (κ3) is 2.60. The van der Waals surface area contributed by atoms with E-state index in [4.69, 9.17) is 22.3 Å². The van der Waals surface area contributed by atoms with E-state index in [2.05, 4.69) is 0 Å². The van der Waals surface area contributed by atoms with Crippen LogP contribution >= 0.6 is 35.3 Å². The monoisotopic (exact) mass is 398 g/mol. The van der Waals surface area contributed by atoms with Crippen molar-refractivity contribution in [2.45, 2.75) is 18.8 Å². The molecule has 0 atom stereocenters. The number of likely N-dealkylation sites (N-methyl/N-ethyl adjacent to an activating group) is 1. The van der Waals surface area contributed by atoms with Gasteiger partial charge in [-0.15, -0.1) is 0 Å². The topological polar surface area (TPSA) is 50.5 Å². The quantitative estimate of drug-likeness (QED) is 0.490. The maximum Gasteiger partial charge on any atom is 0.265 e. The molecule has 26 heavy (non-hydrogen) atoms. The van der Waals surface area contributed by atoms with Gasteiger partial charge in [0.1, 0.15) is 9.33 Å². The molecule has 0 radical (unpaired) electrons. The van der Waals surface area contributed by atoms with E-state index in [-0.39, 0.29) is 5.91 Å². The van der Waals surface area contributed by atoms with Gasteiger partial charge in [0, 0.05) is 18.5 Å². The molecule has 2 aromatic heterocycles. The van der Waals surface area contributed by atoms with E-state index < -0.39 is 0 Å². The van der Waals surface area contributed by atoms with E-state index in [1.165, 1.54) is 29.5 Å². The average Bonchev–Trinajstić information content (AvgIpc) is 3.28. The number of benzene rings is 1.